The molecule has 3 aromatic rings. The molecule has 13 heteroatoms. The number of para-hydroxylation sites is 1. The number of rotatable bonds is 5. The molecule has 1 aromatic heterocycles. The minimum atomic E-state index is -4.74. The number of aromatic nitrogens is 2. The molecule has 0 radical (unpaired) electrons. The van der Waals surface area contributed by atoms with Crippen molar-refractivity contribution < 1.29 is 40.6 Å². The molecule has 2 aromatic carbocycles. The summed E-state index contributed by atoms with van der Waals surface area (Å²) in [6, 6.07) is 7.09. The van der Waals surface area contributed by atoms with Crippen LogP contribution in [-0.4, -0.2) is 36.1 Å². The van der Waals surface area contributed by atoms with E-state index in [1.54, 1.807) is 12.1 Å². The van der Waals surface area contributed by atoms with Gasteiger partial charge in [0.15, 0.2) is 23.2 Å². The van der Waals surface area contributed by atoms with Crippen LogP contribution >= 0.6 is 0 Å². The quantitative estimate of drug-likeness (QED) is 0.419. The normalized spacial score (nSPS) is 17.7. The Bertz CT molecular complexity index is 1270. The summed E-state index contributed by atoms with van der Waals surface area (Å²) in [5, 5.41) is 8.79. The number of hydrogen-bond acceptors (Lipinski definition) is 5. The van der Waals surface area contributed by atoms with Gasteiger partial charge in [0.05, 0.1) is 31.5 Å². The maximum atomic E-state index is 14.0. The molecule has 36 heavy (non-hydrogen) atoms. The molecule has 0 bridgehead atoms. The number of carbonyl (C=O) groups is 1. The minimum Gasteiger partial charge on any atom is -0.493 e. The van der Waals surface area contributed by atoms with Crippen molar-refractivity contribution in [3.8, 4) is 11.5 Å². The number of anilines is 2. The standard InChI is InChI=1S/C23H20F6N4O3/c1-35-17-8-7-12(9-18(17)36-2)15-10-19(23(27,28)29)33-20(30-15)11-16(32-33)21(34)31-14-6-4-3-5-13(14)22(24,25)26/h3-9,11,15,19,30H,10H2,1-2H3,(H,31,34)/t15-,19+/m0/s1. The van der Waals surface area contributed by atoms with Crippen LogP contribution in [0.3, 0.4) is 0 Å². The first kappa shape index (κ1) is 25.2. The number of amides is 1. The molecule has 2 N–H and O–H groups in total. The van der Waals surface area contributed by atoms with Gasteiger partial charge in [0.25, 0.3) is 5.91 Å². The Morgan fingerprint density at radius 2 is 1.72 bits per heavy atom. The number of nitrogens with one attached hydrogen (secondary N) is 2. The van der Waals surface area contributed by atoms with Crippen LogP contribution in [0.1, 0.15) is 40.1 Å². The van der Waals surface area contributed by atoms with Crippen LogP contribution in [0.25, 0.3) is 0 Å². The van der Waals surface area contributed by atoms with Gasteiger partial charge >= 0.3 is 12.4 Å². The Labute approximate surface area is 201 Å². The molecule has 2 atom stereocenters. The van der Waals surface area contributed by atoms with Crippen LogP contribution in [0.5, 0.6) is 11.5 Å². The van der Waals surface area contributed by atoms with Crippen molar-refractivity contribution in [2.75, 3.05) is 24.9 Å². The molecule has 1 amide bonds. The first-order valence-corrected chi connectivity index (χ1v) is 10.5. The third kappa shape index (κ3) is 4.90. The van der Waals surface area contributed by atoms with E-state index in [0.717, 1.165) is 24.3 Å². The summed E-state index contributed by atoms with van der Waals surface area (Å²) < 4.78 is 92.6. The molecular formula is C23H20F6N4O3. The van der Waals surface area contributed by atoms with Crippen molar-refractivity contribution in [2.24, 2.45) is 0 Å². The summed E-state index contributed by atoms with van der Waals surface area (Å²) in [5.41, 5.74) is -1.64. The van der Waals surface area contributed by atoms with Gasteiger partial charge in [-0.1, -0.05) is 18.2 Å². The first-order chi connectivity index (χ1) is 16.9. The van der Waals surface area contributed by atoms with Crippen LogP contribution < -0.4 is 20.1 Å². The van der Waals surface area contributed by atoms with Crippen LogP contribution in [0.2, 0.25) is 0 Å². The van der Waals surface area contributed by atoms with E-state index in [2.05, 4.69) is 15.7 Å². The maximum absolute atomic E-state index is 14.0. The number of carbonyl (C=O) groups excluding carboxylic acids is 1. The third-order valence-electron chi connectivity index (χ3n) is 5.71. The lowest BCUT2D eigenvalue weighted by atomic mass is 9.96. The van der Waals surface area contributed by atoms with E-state index >= 15 is 0 Å². The zero-order valence-electron chi connectivity index (χ0n) is 18.9. The highest BCUT2D eigenvalue weighted by atomic mass is 19.4. The van der Waals surface area contributed by atoms with Crippen LogP contribution in [0.15, 0.2) is 48.5 Å². The molecule has 0 unspecified atom stereocenters. The largest absolute Gasteiger partial charge is 0.493 e. The fraction of sp³-hybridized carbons (Fsp3) is 0.304. The second-order valence-electron chi connectivity index (χ2n) is 7.96. The smallest absolute Gasteiger partial charge is 0.418 e. The summed E-state index contributed by atoms with van der Waals surface area (Å²) in [4.78, 5) is 12.7. The van der Waals surface area contributed by atoms with E-state index in [1.165, 1.54) is 26.4 Å². The van der Waals surface area contributed by atoms with Gasteiger partial charge in [-0.15, -0.1) is 0 Å². The molecule has 7 nitrogen and oxygen atoms in total. The minimum absolute atomic E-state index is 0.113. The van der Waals surface area contributed by atoms with Crippen LogP contribution in [-0.2, 0) is 6.18 Å². The lowest BCUT2D eigenvalue weighted by molar-refractivity contribution is -0.173. The van der Waals surface area contributed by atoms with Crippen molar-refractivity contribution in [3.63, 3.8) is 0 Å². The van der Waals surface area contributed by atoms with Crippen LogP contribution in [0.4, 0.5) is 37.8 Å². The Morgan fingerprint density at radius 3 is 2.36 bits per heavy atom. The van der Waals surface area contributed by atoms with Crippen LogP contribution in [0, 0.1) is 0 Å². The third-order valence-corrected chi connectivity index (χ3v) is 5.71. The molecule has 1 aliphatic rings. The Balaban J connectivity index is 1.66. The predicted octanol–water partition coefficient (Wildman–Crippen LogP) is 5.83. The summed E-state index contributed by atoms with van der Waals surface area (Å²) in [6.45, 7) is 0. The van der Waals surface area contributed by atoms with Crippen molar-refractivity contribution >= 4 is 17.4 Å². The summed E-state index contributed by atoms with van der Waals surface area (Å²) >= 11 is 0. The molecule has 0 saturated heterocycles. The van der Waals surface area contributed by atoms with Gasteiger partial charge in [-0.3, -0.25) is 4.79 Å². The van der Waals surface area contributed by atoms with Crippen molar-refractivity contribution in [3.05, 3.63) is 65.4 Å². The summed E-state index contributed by atoms with van der Waals surface area (Å²) in [7, 11) is 2.82. The van der Waals surface area contributed by atoms with Crippen molar-refractivity contribution in [2.45, 2.75) is 30.9 Å². The number of nitrogens with zero attached hydrogens (tertiary/aromatic N) is 2. The molecule has 0 saturated carbocycles. The van der Waals surface area contributed by atoms with Gasteiger partial charge in [-0.2, -0.15) is 31.4 Å². The lowest BCUT2D eigenvalue weighted by Crippen LogP contribution is -2.35. The topological polar surface area (TPSA) is 77.4 Å². The second-order valence-corrected chi connectivity index (χ2v) is 7.96. The van der Waals surface area contributed by atoms with Gasteiger partial charge in [-0.05, 0) is 29.8 Å². The van der Waals surface area contributed by atoms with Gasteiger partial charge in [0.2, 0.25) is 0 Å². The SMILES string of the molecule is COc1ccc([C@@H]2C[C@H](C(F)(F)F)n3nc(C(=O)Nc4ccccc4C(F)(F)F)cc3N2)cc1OC. The highest BCUT2D eigenvalue weighted by Crippen LogP contribution is 2.45. The molecule has 2 heterocycles. The monoisotopic (exact) mass is 514 g/mol. The van der Waals surface area contributed by atoms with E-state index in [9.17, 15) is 31.1 Å². The molecule has 0 aliphatic carbocycles. The second kappa shape index (κ2) is 9.28. The number of methoxy groups -OCH3 is 2. The molecule has 0 spiro atoms. The van der Waals surface area contributed by atoms with E-state index in [0.29, 0.717) is 21.7 Å². The average Bonchev–Trinajstić information content (AvgIpc) is 3.26. The number of ether oxygens (including phenoxy) is 2. The Hall–Kier alpha value is -3.90. The Morgan fingerprint density at radius 1 is 1.03 bits per heavy atom. The lowest BCUT2D eigenvalue weighted by Gasteiger charge is -2.33. The van der Waals surface area contributed by atoms with Crippen molar-refractivity contribution in [1.82, 2.24) is 9.78 Å². The predicted molar refractivity (Wildman–Crippen MR) is 117 cm³/mol. The van der Waals surface area contributed by atoms with E-state index in [1.807, 2.05) is 0 Å². The van der Waals surface area contributed by atoms with Gasteiger partial charge < -0.3 is 20.1 Å². The molecule has 0 fully saturated rings. The Kier molecular flexibility index (Phi) is 6.50. The molecule has 192 valence electrons. The highest BCUT2D eigenvalue weighted by Gasteiger charge is 2.47. The molecule has 4 rings (SSSR count). The molecule has 1 aliphatic heterocycles. The number of benzene rings is 2. The fourth-order valence-corrected chi connectivity index (χ4v) is 4.00. The van der Waals surface area contributed by atoms with E-state index < -0.39 is 53.7 Å². The number of fused-ring (bicyclic) bond motifs is 1. The van der Waals surface area contributed by atoms with Gasteiger partial charge in [0.1, 0.15) is 5.82 Å². The van der Waals surface area contributed by atoms with E-state index in [-0.39, 0.29) is 5.82 Å². The van der Waals surface area contributed by atoms with E-state index in [4.69, 9.17) is 9.47 Å². The highest BCUT2D eigenvalue weighted by molar-refractivity contribution is 6.03. The zero-order chi connectivity index (χ0) is 26.3. The van der Waals surface area contributed by atoms with Crippen molar-refractivity contribution in [1.29, 1.82) is 0 Å². The number of halogens is 6. The molecular weight excluding hydrogens is 494 g/mol. The number of hydrogen-bond donors (Lipinski definition) is 2. The average molecular weight is 514 g/mol. The zero-order valence-corrected chi connectivity index (χ0v) is 18.9. The number of alkyl halides is 6. The van der Waals surface area contributed by atoms with Gasteiger partial charge in [-0.25, -0.2) is 4.68 Å². The van der Waals surface area contributed by atoms with Gasteiger partial charge in [0, 0.05) is 12.5 Å². The summed E-state index contributed by atoms with van der Waals surface area (Å²) in [5.74, 6) is -0.480. The maximum Gasteiger partial charge on any atom is 0.418 e. The first-order valence-electron chi connectivity index (χ1n) is 10.5. The summed E-state index contributed by atoms with van der Waals surface area (Å²) in [6.07, 6.45) is -9.91. The fourth-order valence-electron chi connectivity index (χ4n) is 4.00.